The molecule has 2 aromatic heterocycles. The Morgan fingerprint density at radius 2 is 2.10 bits per heavy atom. The number of rotatable bonds is 5. The zero-order valence-electron chi connectivity index (χ0n) is 17.1. The van der Waals surface area contributed by atoms with E-state index in [-0.39, 0.29) is 23.5 Å². The lowest BCUT2D eigenvalue weighted by atomic mass is 9.86. The van der Waals surface area contributed by atoms with Gasteiger partial charge in [-0.3, -0.25) is 14.2 Å². The summed E-state index contributed by atoms with van der Waals surface area (Å²) in [6.07, 6.45) is 6.67. The summed E-state index contributed by atoms with van der Waals surface area (Å²) in [4.78, 5) is 33.0. The molecule has 160 valence electrons. The maximum Gasteiger partial charge on any atom is 0.308 e. The Labute approximate surface area is 185 Å². The first-order valence-electron chi connectivity index (χ1n) is 10.2. The van der Waals surface area contributed by atoms with Crippen molar-refractivity contribution < 1.29 is 9.53 Å². The van der Waals surface area contributed by atoms with Crippen molar-refractivity contribution >= 4 is 23.5 Å². The van der Waals surface area contributed by atoms with E-state index in [0.717, 1.165) is 30.5 Å². The standard InChI is InChI=1S/C23H23ClN4O3/c1-31-22(30)16-7-4-8-17(12-16)26-23-25-14-19(24)21(27-23)15-6-5-9-18(13-15)28-11-3-2-10-20(28)29/h2-3,5-6,9-11,13-14,16-17H,4,7-8,12H2,1H3,(H,25,26,27)/t16-,17+/m0/s1. The van der Waals surface area contributed by atoms with Crippen molar-refractivity contribution in [3.63, 3.8) is 0 Å². The minimum atomic E-state index is -0.169. The molecule has 31 heavy (non-hydrogen) atoms. The summed E-state index contributed by atoms with van der Waals surface area (Å²) in [5.74, 6) is 0.179. The van der Waals surface area contributed by atoms with Crippen molar-refractivity contribution in [2.24, 2.45) is 5.92 Å². The normalized spacial score (nSPS) is 18.4. The van der Waals surface area contributed by atoms with E-state index < -0.39 is 0 Å². The molecule has 1 N–H and O–H groups in total. The number of methoxy groups -OCH3 is 1. The summed E-state index contributed by atoms with van der Waals surface area (Å²) in [6.45, 7) is 0. The van der Waals surface area contributed by atoms with Crippen molar-refractivity contribution in [1.82, 2.24) is 14.5 Å². The predicted molar refractivity (Wildman–Crippen MR) is 119 cm³/mol. The maximum atomic E-state index is 12.2. The second-order valence-electron chi connectivity index (χ2n) is 7.58. The molecule has 1 aliphatic carbocycles. The molecule has 4 rings (SSSR count). The van der Waals surface area contributed by atoms with E-state index in [2.05, 4.69) is 15.3 Å². The van der Waals surface area contributed by atoms with E-state index in [1.807, 2.05) is 24.3 Å². The van der Waals surface area contributed by atoms with Gasteiger partial charge in [0.05, 0.1) is 29.9 Å². The van der Waals surface area contributed by atoms with E-state index in [0.29, 0.717) is 23.1 Å². The number of ether oxygens (including phenoxy) is 1. The number of aromatic nitrogens is 3. The second kappa shape index (κ2) is 9.31. The minimum absolute atomic E-state index is 0.0844. The molecule has 0 bridgehead atoms. The van der Waals surface area contributed by atoms with Crippen LogP contribution in [0.3, 0.4) is 0 Å². The molecule has 0 radical (unpaired) electrons. The first-order chi connectivity index (χ1) is 15.0. The molecule has 0 spiro atoms. The highest BCUT2D eigenvalue weighted by Gasteiger charge is 2.28. The molecule has 0 unspecified atom stereocenters. The minimum Gasteiger partial charge on any atom is -0.469 e. The highest BCUT2D eigenvalue weighted by molar-refractivity contribution is 6.32. The van der Waals surface area contributed by atoms with Gasteiger partial charge in [0.2, 0.25) is 5.95 Å². The molecule has 1 saturated carbocycles. The number of pyridine rings is 1. The predicted octanol–water partition coefficient (Wildman–Crippen LogP) is 4.09. The van der Waals surface area contributed by atoms with Gasteiger partial charge in [0.15, 0.2) is 0 Å². The van der Waals surface area contributed by atoms with Crippen LogP contribution in [0.2, 0.25) is 5.02 Å². The summed E-state index contributed by atoms with van der Waals surface area (Å²) >= 11 is 6.40. The van der Waals surface area contributed by atoms with Crippen molar-refractivity contribution in [1.29, 1.82) is 0 Å². The Kier molecular flexibility index (Phi) is 6.32. The average molecular weight is 439 g/mol. The van der Waals surface area contributed by atoms with Crippen LogP contribution < -0.4 is 10.9 Å². The molecule has 7 nitrogen and oxygen atoms in total. The molecular weight excluding hydrogens is 416 g/mol. The number of esters is 1. The summed E-state index contributed by atoms with van der Waals surface area (Å²) < 4.78 is 6.46. The Balaban J connectivity index is 1.59. The fourth-order valence-corrected chi connectivity index (χ4v) is 4.17. The van der Waals surface area contributed by atoms with Gasteiger partial charge < -0.3 is 10.1 Å². The first-order valence-corrected chi connectivity index (χ1v) is 10.6. The van der Waals surface area contributed by atoms with E-state index in [1.54, 1.807) is 29.1 Å². The van der Waals surface area contributed by atoms with Gasteiger partial charge in [-0.25, -0.2) is 9.97 Å². The molecule has 1 fully saturated rings. The van der Waals surface area contributed by atoms with Crippen molar-refractivity contribution in [2.75, 3.05) is 12.4 Å². The SMILES string of the molecule is COC(=O)[C@H]1CCC[C@@H](Nc2ncc(Cl)c(-c3cccc(-n4ccccc4=O)c3)n2)C1. The van der Waals surface area contributed by atoms with Crippen LogP contribution in [0.15, 0.2) is 59.7 Å². The molecule has 2 heterocycles. The molecule has 1 aromatic carbocycles. The van der Waals surface area contributed by atoms with Crippen LogP contribution in [0, 0.1) is 5.92 Å². The number of hydrogen-bond donors (Lipinski definition) is 1. The quantitative estimate of drug-likeness (QED) is 0.604. The average Bonchev–Trinajstić information content (AvgIpc) is 2.80. The Morgan fingerprint density at radius 3 is 2.90 bits per heavy atom. The Bertz CT molecular complexity index is 1150. The molecule has 0 saturated heterocycles. The lowest BCUT2D eigenvalue weighted by molar-refractivity contribution is -0.146. The zero-order valence-corrected chi connectivity index (χ0v) is 17.9. The van der Waals surface area contributed by atoms with Gasteiger partial charge in [-0.05, 0) is 37.5 Å². The van der Waals surface area contributed by atoms with Crippen LogP contribution in [-0.2, 0) is 9.53 Å². The van der Waals surface area contributed by atoms with Gasteiger partial charge >= 0.3 is 5.97 Å². The lowest BCUT2D eigenvalue weighted by Gasteiger charge is -2.28. The number of carbonyl (C=O) groups excluding carboxylic acids is 1. The third kappa shape index (κ3) is 4.77. The summed E-state index contributed by atoms with van der Waals surface area (Å²) in [5.41, 5.74) is 1.96. The molecular formula is C23H23ClN4O3. The highest BCUT2D eigenvalue weighted by Crippen LogP contribution is 2.30. The van der Waals surface area contributed by atoms with Gasteiger partial charge in [0.25, 0.3) is 5.56 Å². The number of hydrogen-bond acceptors (Lipinski definition) is 6. The number of benzene rings is 1. The molecule has 3 aromatic rings. The smallest absolute Gasteiger partial charge is 0.308 e. The Morgan fingerprint density at radius 1 is 1.23 bits per heavy atom. The summed E-state index contributed by atoms with van der Waals surface area (Å²) in [6, 6.07) is 12.6. The van der Waals surface area contributed by atoms with Crippen LogP contribution in [0.25, 0.3) is 16.9 Å². The van der Waals surface area contributed by atoms with Crippen LogP contribution in [-0.4, -0.2) is 33.7 Å². The van der Waals surface area contributed by atoms with Crippen LogP contribution in [0.4, 0.5) is 5.95 Å². The number of carbonyl (C=O) groups is 1. The number of anilines is 1. The first kappa shape index (κ1) is 21.1. The third-order valence-electron chi connectivity index (χ3n) is 5.51. The van der Waals surface area contributed by atoms with Gasteiger partial charge in [-0.2, -0.15) is 0 Å². The van der Waals surface area contributed by atoms with E-state index >= 15 is 0 Å². The molecule has 8 heteroatoms. The Hall–Kier alpha value is -3.19. The monoisotopic (exact) mass is 438 g/mol. The van der Waals surface area contributed by atoms with Crippen LogP contribution >= 0.6 is 11.6 Å². The van der Waals surface area contributed by atoms with E-state index in [4.69, 9.17) is 16.3 Å². The molecule has 2 atom stereocenters. The second-order valence-corrected chi connectivity index (χ2v) is 7.98. The summed E-state index contributed by atoms with van der Waals surface area (Å²) in [5, 5.41) is 3.75. The topological polar surface area (TPSA) is 86.1 Å². The largest absolute Gasteiger partial charge is 0.469 e. The van der Waals surface area contributed by atoms with Gasteiger partial charge in [-0.15, -0.1) is 0 Å². The van der Waals surface area contributed by atoms with Crippen LogP contribution in [0.5, 0.6) is 0 Å². The van der Waals surface area contributed by atoms with Gasteiger partial charge in [0.1, 0.15) is 0 Å². The lowest BCUT2D eigenvalue weighted by Crippen LogP contribution is -2.32. The van der Waals surface area contributed by atoms with Crippen molar-refractivity contribution in [3.8, 4) is 16.9 Å². The molecule has 1 aliphatic rings. The van der Waals surface area contributed by atoms with Crippen molar-refractivity contribution in [3.05, 3.63) is 70.2 Å². The van der Waals surface area contributed by atoms with E-state index in [1.165, 1.54) is 13.2 Å². The summed E-state index contributed by atoms with van der Waals surface area (Å²) in [7, 11) is 1.42. The number of nitrogens with zero attached hydrogens (tertiary/aromatic N) is 3. The number of nitrogens with one attached hydrogen (secondary N) is 1. The maximum absolute atomic E-state index is 12.2. The number of halogens is 1. The van der Waals surface area contributed by atoms with Crippen LogP contribution in [0.1, 0.15) is 25.7 Å². The van der Waals surface area contributed by atoms with Gasteiger partial charge in [-0.1, -0.05) is 36.2 Å². The zero-order chi connectivity index (χ0) is 21.8. The van der Waals surface area contributed by atoms with Gasteiger partial charge in [0, 0.05) is 29.6 Å². The fourth-order valence-electron chi connectivity index (χ4n) is 3.97. The molecule has 0 amide bonds. The highest BCUT2D eigenvalue weighted by atomic mass is 35.5. The van der Waals surface area contributed by atoms with Crippen molar-refractivity contribution in [2.45, 2.75) is 31.7 Å². The fraction of sp³-hybridized carbons (Fsp3) is 0.304. The van der Waals surface area contributed by atoms with E-state index in [9.17, 15) is 9.59 Å². The molecule has 0 aliphatic heterocycles. The third-order valence-corrected chi connectivity index (χ3v) is 5.78.